The number of anilines is 2. The monoisotopic (exact) mass is 318 g/mol. The summed E-state index contributed by atoms with van der Waals surface area (Å²) in [6, 6.07) is 8.94. The van der Waals surface area contributed by atoms with Gasteiger partial charge in [0.25, 0.3) is 5.91 Å². The van der Waals surface area contributed by atoms with Gasteiger partial charge in [-0.15, -0.1) is 10.2 Å². The van der Waals surface area contributed by atoms with Gasteiger partial charge in [-0.2, -0.15) is 0 Å². The van der Waals surface area contributed by atoms with Gasteiger partial charge in [0.2, 0.25) is 0 Å². The molecule has 0 radical (unpaired) electrons. The van der Waals surface area contributed by atoms with E-state index >= 15 is 0 Å². The number of carbonyl (C=O) groups is 1. The minimum absolute atomic E-state index is 0.216. The zero-order valence-electron chi connectivity index (χ0n) is 12.9. The van der Waals surface area contributed by atoms with Gasteiger partial charge in [0.15, 0.2) is 11.5 Å². The van der Waals surface area contributed by atoms with Crippen LogP contribution in [-0.2, 0) is 0 Å². The van der Waals surface area contributed by atoms with Gasteiger partial charge >= 0.3 is 0 Å². The number of aryl methyl sites for hydroxylation is 1. The molecule has 1 amide bonds. The first-order valence-electron chi connectivity index (χ1n) is 7.11. The van der Waals surface area contributed by atoms with Crippen molar-refractivity contribution in [3.63, 3.8) is 0 Å². The van der Waals surface area contributed by atoms with E-state index in [4.69, 9.17) is 11.6 Å². The Hall–Kier alpha value is -2.14. The van der Waals surface area contributed by atoms with Crippen molar-refractivity contribution in [2.45, 2.75) is 20.8 Å². The number of halogens is 1. The summed E-state index contributed by atoms with van der Waals surface area (Å²) in [5.41, 5.74) is 2.21. The Balaban J connectivity index is 2.05. The van der Waals surface area contributed by atoms with Crippen LogP contribution in [0.2, 0.25) is 5.02 Å². The fourth-order valence-corrected chi connectivity index (χ4v) is 1.95. The SMILES string of the molecule is Cc1ccc(Cl)cc1Nc1ccc(C(=O)NCC(C)C)nn1. The lowest BCUT2D eigenvalue weighted by atomic mass is 10.2. The third-order valence-corrected chi connectivity index (χ3v) is 3.27. The van der Waals surface area contributed by atoms with Crippen LogP contribution in [0.4, 0.5) is 11.5 Å². The first-order valence-corrected chi connectivity index (χ1v) is 7.48. The maximum atomic E-state index is 11.9. The van der Waals surface area contributed by atoms with Crippen molar-refractivity contribution in [2.75, 3.05) is 11.9 Å². The molecular formula is C16H19ClN4O. The summed E-state index contributed by atoms with van der Waals surface area (Å²) in [5.74, 6) is 0.737. The molecular weight excluding hydrogens is 300 g/mol. The van der Waals surface area contributed by atoms with Gasteiger partial charge < -0.3 is 10.6 Å². The second kappa shape index (κ2) is 7.22. The summed E-state index contributed by atoms with van der Waals surface area (Å²) in [7, 11) is 0. The Kier molecular flexibility index (Phi) is 5.33. The van der Waals surface area contributed by atoms with E-state index in [2.05, 4.69) is 20.8 Å². The standard InChI is InChI=1S/C16H19ClN4O/c1-10(2)9-18-16(22)13-6-7-15(21-20-13)19-14-8-12(17)5-4-11(14)3/h4-8,10H,9H2,1-3H3,(H,18,22)(H,19,21). The topological polar surface area (TPSA) is 66.9 Å². The maximum absolute atomic E-state index is 11.9. The molecule has 0 spiro atoms. The molecule has 1 aromatic heterocycles. The summed E-state index contributed by atoms with van der Waals surface area (Å²) >= 11 is 5.98. The third-order valence-electron chi connectivity index (χ3n) is 3.03. The second-order valence-corrected chi connectivity index (χ2v) is 5.93. The molecule has 0 aliphatic rings. The average molecular weight is 319 g/mol. The fraction of sp³-hybridized carbons (Fsp3) is 0.312. The van der Waals surface area contributed by atoms with Crippen molar-refractivity contribution < 1.29 is 4.79 Å². The van der Waals surface area contributed by atoms with Gasteiger partial charge in [-0.05, 0) is 42.7 Å². The van der Waals surface area contributed by atoms with E-state index in [0.717, 1.165) is 11.3 Å². The molecule has 0 aliphatic carbocycles. The van der Waals surface area contributed by atoms with E-state index in [1.54, 1.807) is 12.1 Å². The second-order valence-electron chi connectivity index (χ2n) is 5.49. The number of nitrogens with zero attached hydrogens (tertiary/aromatic N) is 2. The quantitative estimate of drug-likeness (QED) is 0.884. The number of aromatic nitrogens is 2. The van der Waals surface area contributed by atoms with Crippen LogP contribution >= 0.6 is 11.6 Å². The lowest BCUT2D eigenvalue weighted by molar-refractivity contribution is 0.0943. The van der Waals surface area contributed by atoms with Crippen LogP contribution < -0.4 is 10.6 Å². The maximum Gasteiger partial charge on any atom is 0.271 e. The van der Waals surface area contributed by atoms with E-state index in [0.29, 0.717) is 29.0 Å². The number of nitrogens with one attached hydrogen (secondary N) is 2. The first-order chi connectivity index (χ1) is 10.5. The molecule has 0 saturated heterocycles. The highest BCUT2D eigenvalue weighted by molar-refractivity contribution is 6.30. The van der Waals surface area contributed by atoms with Crippen LogP contribution in [0, 0.1) is 12.8 Å². The highest BCUT2D eigenvalue weighted by atomic mass is 35.5. The van der Waals surface area contributed by atoms with Crippen molar-refractivity contribution >= 4 is 29.0 Å². The van der Waals surface area contributed by atoms with Crippen molar-refractivity contribution in [3.05, 3.63) is 46.6 Å². The van der Waals surface area contributed by atoms with Gasteiger partial charge in [-0.25, -0.2) is 0 Å². The fourth-order valence-electron chi connectivity index (χ4n) is 1.77. The molecule has 1 heterocycles. The molecule has 22 heavy (non-hydrogen) atoms. The minimum Gasteiger partial charge on any atom is -0.350 e. The summed E-state index contributed by atoms with van der Waals surface area (Å²) in [5, 5.41) is 14.6. The predicted molar refractivity (Wildman–Crippen MR) is 88.7 cm³/mol. The number of amides is 1. The van der Waals surface area contributed by atoms with Crippen molar-refractivity contribution in [1.82, 2.24) is 15.5 Å². The lowest BCUT2D eigenvalue weighted by Gasteiger charge is -2.09. The molecule has 0 fully saturated rings. The summed E-state index contributed by atoms with van der Waals surface area (Å²) in [6.45, 7) is 6.65. The third kappa shape index (κ3) is 4.43. The molecule has 116 valence electrons. The molecule has 0 bridgehead atoms. The van der Waals surface area contributed by atoms with Gasteiger partial charge in [0, 0.05) is 17.3 Å². The summed E-state index contributed by atoms with van der Waals surface area (Å²) in [4.78, 5) is 11.9. The molecule has 0 atom stereocenters. The molecule has 2 rings (SSSR count). The molecule has 2 aromatic rings. The molecule has 0 unspecified atom stereocenters. The van der Waals surface area contributed by atoms with Gasteiger partial charge in [0.1, 0.15) is 0 Å². The first kappa shape index (κ1) is 16.2. The van der Waals surface area contributed by atoms with Gasteiger partial charge in [-0.1, -0.05) is 31.5 Å². The molecule has 0 saturated carbocycles. The van der Waals surface area contributed by atoms with Crippen LogP contribution in [0.15, 0.2) is 30.3 Å². The Morgan fingerprint density at radius 2 is 2.00 bits per heavy atom. The number of carbonyl (C=O) groups excluding carboxylic acids is 1. The van der Waals surface area contributed by atoms with E-state index in [1.165, 1.54) is 0 Å². The van der Waals surface area contributed by atoms with Crippen LogP contribution in [0.1, 0.15) is 29.9 Å². The molecule has 1 aromatic carbocycles. The Labute approximate surface area is 135 Å². The molecule has 2 N–H and O–H groups in total. The smallest absolute Gasteiger partial charge is 0.271 e. The lowest BCUT2D eigenvalue weighted by Crippen LogP contribution is -2.28. The van der Waals surface area contributed by atoms with Crippen LogP contribution in [0.5, 0.6) is 0 Å². The Morgan fingerprint density at radius 3 is 2.64 bits per heavy atom. The number of benzene rings is 1. The highest BCUT2D eigenvalue weighted by Gasteiger charge is 2.09. The summed E-state index contributed by atoms with van der Waals surface area (Å²) < 4.78 is 0. The van der Waals surface area contributed by atoms with Crippen LogP contribution in [0.25, 0.3) is 0 Å². The molecule has 0 aliphatic heterocycles. The van der Waals surface area contributed by atoms with Gasteiger partial charge in [-0.3, -0.25) is 4.79 Å². The molecule has 6 heteroatoms. The normalized spacial score (nSPS) is 10.6. The van der Waals surface area contributed by atoms with Crippen molar-refractivity contribution in [2.24, 2.45) is 5.92 Å². The zero-order valence-corrected chi connectivity index (χ0v) is 13.6. The highest BCUT2D eigenvalue weighted by Crippen LogP contribution is 2.22. The number of rotatable bonds is 5. The largest absolute Gasteiger partial charge is 0.350 e. The van der Waals surface area contributed by atoms with Crippen molar-refractivity contribution in [1.29, 1.82) is 0 Å². The van der Waals surface area contributed by atoms with Gasteiger partial charge in [0.05, 0.1) is 0 Å². The van der Waals surface area contributed by atoms with Crippen LogP contribution in [-0.4, -0.2) is 22.6 Å². The van der Waals surface area contributed by atoms with E-state index in [1.807, 2.05) is 39.0 Å². The Morgan fingerprint density at radius 1 is 1.23 bits per heavy atom. The number of hydrogen-bond acceptors (Lipinski definition) is 4. The minimum atomic E-state index is -0.216. The number of hydrogen-bond donors (Lipinski definition) is 2. The van der Waals surface area contributed by atoms with E-state index in [-0.39, 0.29) is 5.91 Å². The molecule has 5 nitrogen and oxygen atoms in total. The predicted octanol–water partition coefficient (Wildman–Crippen LogP) is 3.57. The average Bonchev–Trinajstić information content (AvgIpc) is 2.49. The zero-order chi connectivity index (χ0) is 16.1. The van der Waals surface area contributed by atoms with E-state index < -0.39 is 0 Å². The van der Waals surface area contributed by atoms with Crippen LogP contribution in [0.3, 0.4) is 0 Å². The Bertz CT molecular complexity index is 656. The summed E-state index contributed by atoms with van der Waals surface area (Å²) in [6.07, 6.45) is 0. The van der Waals surface area contributed by atoms with E-state index in [9.17, 15) is 4.79 Å². The van der Waals surface area contributed by atoms with Crippen molar-refractivity contribution in [3.8, 4) is 0 Å².